The van der Waals surface area contributed by atoms with Gasteiger partial charge in [-0.15, -0.1) is 0 Å². The van der Waals surface area contributed by atoms with Gasteiger partial charge in [0.15, 0.2) is 0 Å². The maximum absolute atomic E-state index is 12.4. The number of likely N-dealkylation sites (tertiary alicyclic amines) is 2. The molecule has 2 saturated heterocycles. The maximum atomic E-state index is 12.4. The second-order valence-corrected chi connectivity index (χ2v) is 8.58. The number of hydrogen-bond acceptors (Lipinski definition) is 3. The van der Waals surface area contributed by atoms with Crippen molar-refractivity contribution in [2.75, 3.05) is 39.8 Å². The minimum atomic E-state index is -2.34. The Hall–Kier alpha value is -0.700. The normalized spacial score (nSPS) is 30.7. The van der Waals surface area contributed by atoms with Crippen LogP contribution in [-0.4, -0.2) is 68.2 Å². The number of hydrogen-bond donors (Lipinski definition) is 0. The molecule has 1 aliphatic carbocycles. The lowest BCUT2D eigenvalue weighted by Gasteiger charge is -2.40. The third kappa shape index (κ3) is 5.90. The quantitative estimate of drug-likeness (QED) is 0.691. The third-order valence-corrected chi connectivity index (χ3v) is 6.26. The zero-order valence-electron chi connectivity index (χ0n) is 16.3. The average molecular weight is 369 g/mol. The van der Waals surface area contributed by atoms with E-state index in [9.17, 15) is 8.78 Å². The van der Waals surface area contributed by atoms with Gasteiger partial charge in [0.05, 0.1) is 18.1 Å². The van der Waals surface area contributed by atoms with Gasteiger partial charge in [0, 0.05) is 25.6 Å². The van der Waals surface area contributed by atoms with Crippen molar-refractivity contribution in [2.24, 2.45) is 17.8 Å². The van der Waals surface area contributed by atoms with Crippen molar-refractivity contribution in [3.63, 3.8) is 0 Å². The lowest BCUT2D eigenvalue weighted by atomic mass is 9.82. The summed E-state index contributed by atoms with van der Waals surface area (Å²) in [7, 11) is 2.22. The summed E-state index contributed by atoms with van der Waals surface area (Å²) in [6.07, 6.45) is 5.09. The lowest BCUT2D eigenvalue weighted by molar-refractivity contribution is -0.0858. The Balaban J connectivity index is 1.28. The molecule has 148 valence electrons. The number of rotatable bonds is 5. The smallest absolute Gasteiger partial charge is 0.251 e. The van der Waals surface area contributed by atoms with Gasteiger partial charge in [0.2, 0.25) is 0 Å². The standard InChI is InChI=1S/C21H34F2N2O/c1-16(21(22)23)3-4-18-13-20(14-18)26-19-7-11-25(12-8-19)15-17-5-9-24(2)10-6-17/h16-21H,5-15H2,1-2H3. The highest BCUT2D eigenvalue weighted by molar-refractivity contribution is 5.11. The largest absolute Gasteiger partial charge is 0.375 e. The molecule has 0 spiro atoms. The van der Waals surface area contributed by atoms with Crippen LogP contribution in [0.5, 0.6) is 0 Å². The Bertz CT molecular complexity index is 482. The van der Waals surface area contributed by atoms with Crippen LogP contribution in [0.4, 0.5) is 8.78 Å². The summed E-state index contributed by atoms with van der Waals surface area (Å²) in [4.78, 5) is 5.05. The van der Waals surface area contributed by atoms with Gasteiger partial charge >= 0.3 is 0 Å². The molecule has 2 heterocycles. The number of piperidine rings is 2. The highest BCUT2D eigenvalue weighted by Gasteiger charge is 2.32. The summed E-state index contributed by atoms with van der Waals surface area (Å²) in [5.74, 6) is 6.00. The van der Waals surface area contributed by atoms with Gasteiger partial charge in [-0.3, -0.25) is 0 Å². The minimum Gasteiger partial charge on any atom is -0.375 e. The van der Waals surface area contributed by atoms with Gasteiger partial charge in [0.1, 0.15) is 0 Å². The highest BCUT2D eigenvalue weighted by Crippen LogP contribution is 2.32. The van der Waals surface area contributed by atoms with Crippen LogP contribution < -0.4 is 0 Å². The summed E-state index contributed by atoms with van der Waals surface area (Å²) in [6.45, 7) is 7.53. The molecule has 26 heavy (non-hydrogen) atoms. The molecular formula is C21H34F2N2O. The number of halogens is 2. The van der Waals surface area contributed by atoms with Gasteiger partial charge in [-0.2, -0.15) is 0 Å². The maximum Gasteiger partial charge on any atom is 0.251 e. The Morgan fingerprint density at radius 3 is 2.27 bits per heavy atom. The van der Waals surface area contributed by atoms with Gasteiger partial charge in [0.25, 0.3) is 6.43 Å². The monoisotopic (exact) mass is 368 g/mol. The Labute approximate surface area is 157 Å². The Kier molecular flexibility index (Phi) is 7.31. The molecule has 3 rings (SSSR count). The minimum absolute atomic E-state index is 0.255. The highest BCUT2D eigenvalue weighted by atomic mass is 19.3. The van der Waals surface area contributed by atoms with E-state index in [1.54, 1.807) is 0 Å². The van der Waals surface area contributed by atoms with Crippen molar-refractivity contribution >= 4 is 0 Å². The van der Waals surface area contributed by atoms with Gasteiger partial charge in [-0.1, -0.05) is 11.8 Å². The molecule has 1 unspecified atom stereocenters. The summed E-state index contributed by atoms with van der Waals surface area (Å²) in [6, 6.07) is 0. The van der Waals surface area contributed by atoms with Crippen LogP contribution in [0.3, 0.4) is 0 Å². The molecule has 1 atom stereocenters. The van der Waals surface area contributed by atoms with E-state index in [-0.39, 0.29) is 5.92 Å². The molecule has 2 aliphatic heterocycles. The van der Waals surface area contributed by atoms with E-state index in [1.807, 2.05) is 0 Å². The van der Waals surface area contributed by atoms with Crippen molar-refractivity contribution < 1.29 is 13.5 Å². The molecule has 3 fully saturated rings. The van der Waals surface area contributed by atoms with E-state index in [1.165, 1.54) is 39.4 Å². The van der Waals surface area contributed by atoms with Crippen molar-refractivity contribution in [1.82, 2.24) is 9.80 Å². The number of ether oxygens (including phenoxy) is 1. The molecule has 0 aromatic rings. The topological polar surface area (TPSA) is 15.7 Å². The summed E-state index contributed by atoms with van der Waals surface area (Å²) in [5, 5.41) is 0. The third-order valence-electron chi connectivity index (χ3n) is 6.26. The molecule has 3 aliphatic rings. The fourth-order valence-electron chi connectivity index (χ4n) is 4.22. The lowest BCUT2D eigenvalue weighted by Crippen LogP contribution is -2.44. The van der Waals surface area contributed by atoms with Gasteiger partial charge < -0.3 is 14.5 Å². The van der Waals surface area contributed by atoms with E-state index in [0.29, 0.717) is 12.2 Å². The predicted octanol–water partition coefficient (Wildman–Crippen LogP) is 3.49. The zero-order valence-corrected chi connectivity index (χ0v) is 16.3. The van der Waals surface area contributed by atoms with Crippen molar-refractivity contribution in [2.45, 2.75) is 64.1 Å². The van der Waals surface area contributed by atoms with Crippen LogP contribution in [0.2, 0.25) is 0 Å². The van der Waals surface area contributed by atoms with Gasteiger partial charge in [-0.05, 0) is 71.5 Å². The fourth-order valence-corrected chi connectivity index (χ4v) is 4.22. The molecule has 5 heteroatoms. The van der Waals surface area contributed by atoms with Crippen LogP contribution in [0.15, 0.2) is 0 Å². The Morgan fingerprint density at radius 2 is 1.65 bits per heavy atom. The molecule has 0 amide bonds. The molecule has 1 saturated carbocycles. The molecule has 0 N–H and O–H groups in total. The zero-order chi connectivity index (χ0) is 18.5. The van der Waals surface area contributed by atoms with Gasteiger partial charge in [-0.25, -0.2) is 8.78 Å². The summed E-state index contributed by atoms with van der Waals surface area (Å²) >= 11 is 0. The number of alkyl halides is 2. The second-order valence-electron chi connectivity index (χ2n) is 8.58. The first-order valence-electron chi connectivity index (χ1n) is 10.3. The first-order valence-corrected chi connectivity index (χ1v) is 10.3. The summed E-state index contributed by atoms with van der Waals surface area (Å²) in [5.41, 5.74) is 0. The van der Waals surface area contributed by atoms with Crippen molar-refractivity contribution in [1.29, 1.82) is 0 Å². The summed E-state index contributed by atoms with van der Waals surface area (Å²) < 4.78 is 31.1. The predicted molar refractivity (Wildman–Crippen MR) is 100 cm³/mol. The molecular weight excluding hydrogens is 334 g/mol. The average Bonchev–Trinajstić information content (AvgIpc) is 2.60. The van der Waals surface area contributed by atoms with E-state index in [2.05, 4.69) is 28.7 Å². The van der Waals surface area contributed by atoms with E-state index >= 15 is 0 Å². The van der Waals surface area contributed by atoms with Crippen molar-refractivity contribution in [3.8, 4) is 11.8 Å². The van der Waals surface area contributed by atoms with Crippen LogP contribution >= 0.6 is 0 Å². The molecule has 0 aromatic heterocycles. The number of nitrogens with zero attached hydrogens (tertiary/aromatic N) is 2. The molecule has 0 radical (unpaired) electrons. The van der Waals surface area contributed by atoms with E-state index in [0.717, 1.165) is 44.7 Å². The second kappa shape index (κ2) is 9.48. The fraction of sp³-hybridized carbons (Fsp3) is 0.905. The first kappa shape index (κ1) is 20.0. The van der Waals surface area contributed by atoms with E-state index < -0.39 is 12.3 Å². The Morgan fingerprint density at radius 1 is 1.00 bits per heavy atom. The molecule has 3 nitrogen and oxygen atoms in total. The van der Waals surface area contributed by atoms with Crippen LogP contribution in [0.25, 0.3) is 0 Å². The van der Waals surface area contributed by atoms with Crippen LogP contribution in [-0.2, 0) is 4.74 Å². The van der Waals surface area contributed by atoms with E-state index in [4.69, 9.17) is 4.74 Å². The SMILES string of the molecule is CC(C#CC1CC(OC2CCN(CC3CCN(C)CC3)CC2)C1)C(F)F. The first-order chi connectivity index (χ1) is 12.5. The van der Waals surface area contributed by atoms with Crippen molar-refractivity contribution in [3.05, 3.63) is 0 Å². The molecule has 0 aromatic carbocycles. The van der Waals surface area contributed by atoms with Crippen LogP contribution in [0, 0.1) is 29.6 Å². The molecule has 0 bridgehead atoms. The van der Waals surface area contributed by atoms with Crippen LogP contribution in [0.1, 0.15) is 45.4 Å².